The van der Waals surface area contributed by atoms with Gasteiger partial charge in [0.1, 0.15) is 0 Å². The second-order valence-corrected chi connectivity index (χ2v) is 8.82. The summed E-state index contributed by atoms with van der Waals surface area (Å²) in [5, 5.41) is 2.00. The van der Waals surface area contributed by atoms with E-state index in [1.165, 1.54) is 11.3 Å². The van der Waals surface area contributed by atoms with E-state index >= 15 is 0 Å². The molecule has 10 heteroatoms. The summed E-state index contributed by atoms with van der Waals surface area (Å²) in [6.07, 6.45) is 0. The zero-order chi connectivity index (χ0) is 25.8. The molecule has 0 saturated carbocycles. The van der Waals surface area contributed by atoms with Gasteiger partial charge in [-0.3, -0.25) is 9.48 Å². The van der Waals surface area contributed by atoms with E-state index in [1.807, 2.05) is 71.1 Å². The molecule has 0 aliphatic heterocycles. The zero-order valence-corrected chi connectivity index (χ0v) is 22.1. The number of aromatic nitrogens is 3. The lowest BCUT2D eigenvalue weighted by molar-refractivity contribution is 0.187. The number of nitrogens with zero attached hydrogens (tertiary/aromatic N) is 4. The van der Waals surface area contributed by atoms with Gasteiger partial charge < -0.3 is 23.5 Å². The zero-order valence-electron chi connectivity index (χ0n) is 21.3. The molecule has 190 valence electrons. The van der Waals surface area contributed by atoms with Crippen LogP contribution < -0.4 is 24.6 Å². The van der Waals surface area contributed by atoms with Crippen molar-refractivity contribution in [3.8, 4) is 34.2 Å². The van der Waals surface area contributed by atoms with Gasteiger partial charge in [-0.1, -0.05) is 18.2 Å². The Morgan fingerprint density at radius 3 is 2.22 bits per heavy atom. The van der Waals surface area contributed by atoms with Crippen LogP contribution in [0.1, 0.15) is 5.69 Å². The number of ether oxygens (including phenoxy) is 4. The molecule has 0 saturated heterocycles. The van der Waals surface area contributed by atoms with Crippen LogP contribution in [0.4, 0.5) is 5.69 Å². The fourth-order valence-electron chi connectivity index (χ4n) is 4.06. The van der Waals surface area contributed by atoms with Crippen LogP contribution in [0.2, 0.25) is 0 Å². The van der Waals surface area contributed by atoms with Gasteiger partial charge in [0.05, 0.1) is 45.0 Å². The Hall–Kier alpha value is -3.76. The minimum Gasteiger partial charge on any atom is -0.493 e. The topological polar surface area (TPSA) is 81.1 Å². The van der Waals surface area contributed by atoms with E-state index in [1.54, 1.807) is 33.1 Å². The first-order valence-corrected chi connectivity index (χ1v) is 12.2. The molecular formula is C26H30N4O5S. The second kappa shape index (κ2) is 10.9. The average Bonchev–Trinajstić information content (AvgIpc) is 3.40. The van der Waals surface area contributed by atoms with Crippen LogP contribution in [0, 0.1) is 6.92 Å². The van der Waals surface area contributed by atoms with Gasteiger partial charge in [-0.05, 0) is 31.2 Å². The van der Waals surface area contributed by atoms with Gasteiger partial charge in [0.25, 0.3) is 5.56 Å². The van der Waals surface area contributed by atoms with Gasteiger partial charge in [-0.2, -0.15) is 0 Å². The summed E-state index contributed by atoms with van der Waals surface area (Å²) in [5.74, 6) is 1.63. The summed E-state index contributed by atoms with van der Waals surface area (Å²) in [7, 11) is 8.26. The van der Waals surface area contributed by atoms with Gasteiger partial charge >= 0.3 is 0 Å². The highest BCUT2D eigenvalue weighted by Gasteiger charge is 2.19. The third-order valence-electron chi connectivity index (χ3n) is 6.01. The predicted octanol–water partition coefficient (Wildman–Crippen LogP) is 3.92. The Kier molecular flexibility index (Phi) is 7.66. The molecule has 0 unspecified atom stereocenters. The highest BCUT2D eigenvalue weighted by atomic mass is 32.1. The number of methoxy groups -OCH3 is 4. The van der Waals surface area contributed by atoms with Gasteiger partial charge in [0, 0.05) is 31.6 Å². The molecule has 0 amide bonds. The lowest BCUT2D eigenvalue weighted by atomic mass is 10.1. The normalized spacial score (nSPS) is 11.7. The molecule has 4 aromatic rings. The molecule has 0 radical (unpaired) electrons. The molecule has 2 aromatic heterocycles. The Bertz CT molecular complexity index is 1460. The van der Waals surface area contributed by atoms with E-state index in [-0.39, 0.29) is 5.56 Å². The Labute approximate surface area is 213 Å². The number of thiazole rings is 1. The van der Waals surface area contributed by atoms with Crippen molar-refractivity contribution in [3.63, 3.8) is 0 Å². The van der Waals surface area contributed by atoms with Crippen molar-refractivity contribution in [1.29, 1.82) is 0 Å². The second-order valence-electron chi connectivity index (χ2n) is 7.98. The van der Waals surface area contributed by atoms with Crippen molar-refractivity contribution >= 4 is 17.0 Å². The quantitative estimate of drug-likeness (QED) is 0.341. The maximum Gasteiger partial charge on any atom is 0.297 e. The molecule has 4 rings (SSSR count). The fourth-order valence-corrected chi connectivity index (χ4v) is 5.00. The summed E-state index contributed by atoms with van der Waals surface area (Å²) in [6, 6.07) is 13.3. The Morgan fingerprint density at radius 2 is 1.64 bits per heavy atom. The third-order valence-corrected chi connectivity index (χ3v) is 6.87. The van der Waals surface area contributed by atoms with E-state index in [0.717, 1.165) is 22.6 Å². The summed E-state index contributed by atoms with van der Waals surface area (Å²) >= 11 is 1.45. The molecule has 0 aliphatic rings. The molecule has 0 N–H and O–H groups in total. The highest BCUT2D eigenvalue weighted by molar-refractivity contribution is 7.07. The summed E-state index contributed by atoms with van der Waals surface area (Å²) < 4.78 is 27.4. The first-order chi connectivity index (χ1) is 17.4. The number of para-hydroxylation sites is 1. The third kappa shape index (κ3) is 4.57. The van der Waals surface area contributed by atoms with Crippen LogP contribution in [0.15, 0.2) is 57.6 Å². The van der Waals surface area contributed by atoms with Crippen molar-refractivity contribution in [3.05, 3.63) is 68.7 Å². The van der Waals surface area contributed by atoms with Gasteiger partial charge in [-0.25, -0.2) is 9.67 Å². The van der Waals surface area contributed by atoms with Crippen molar-refractivity contribution in [2.24, 2.45) is 12.0 Å². The largest absolute Gasteiger partial charge is 0.493 e. The smallest absolute Gasteiger partial charge is 0.297 e. The van der Waals surface area contributed by atoms with Gasteiger partial charge in [-0.15, -0.1) is 11.3 Å². The molecule has 9 nitrogen and oxygen atoms in total. The molecule has 0 fully saturated rings. The molecule has 0 bridgehead atoms. The van der Waals surface area contributed by atoms with Crippen LogP contribution >= 0.6 is 11.3 Å². The monoisotopic (exact) mass is 510 g/mol. The van der Waals surface area contributed by atoms with Crippen LogP contribution in [-0.2, 0) is 18.3 Å². The van der Waals surface area contributed by atoms with Gasteiger partial charge in [0.15, 0.2) is 22.0 Å². The minimum absolute atomic E-state index is 0.178. The van der Waals surface area contributed by atoms with E-state index in [4.69, 9.17) is 23.9 Å². The minimum atomic E-state index is -0.178. The first-order valence-electron chi connectivity index (χ1n) is 11.3. The molecule has 36 heavy (non-hydrogen) atoms. The predicted molar refractivity (Wildman–Crippen MR) is 140 cm³/mol. The number of hydrogen-bond acceptors (Lipinski definition) is 7. The summed E-state index contributed by atoms with van der Waals surface area (Å²) in [5.41, 5.74) is 3.53. The molecule has 0 atom stereocenters. The number of rotatable bonds is 9. The van der Waals surface area contributed by atoms with Crippen molar-refractivity contribution in [2.45, 2.75) is 13.5 Å². The highest BCUT2D eigenvalue weighted by Crippen LogP contribution is 2.41. The number of benzene rings is 2. The van der Waals surface area contributed by atoms with Crippen LogP contribution in [0.5, 0.6) is 17.2 Å². The standard InChI is InChI=1S/C26H30N4O5S/c1-17-23(25(31)30(28(17)2)19-10-8-7-9-11-19)27-26-29(12-13-32-3)20(16-36-26)18-14-21(33-4)24(35-6)22(15-18)34-5/h7-11,14-16H,12-13H2,1-6H3. The van der Waals surface area contributed by atoms with E-state index in [0.29, 0.717) is 40.9 Å². The molecular weight excluding hydrogens is 480 g/mol. The van der Waals surface area contributed by atoms with Gasteiger partial charge in [0.2, 0.25) is 5.75 Å². The summed E-state index contributed by atoms with van der Waals surface area (Å²) in [6.45, 7) is 2.92. The van der Waals surface area contributed by atoms with Crippen molar-refractivity contribution in [2.75, 3.05) is 35.0 Å². The Morgan fingerprint density at radius 1 is 0.972 bits per heavy atom. The maximum atomic E-state index is 13.4. The molecule has 0 spiro atoms. The summed E-state index contributed by atoms with van der Waals surface area (Å²) in [4.78, 5) is 19.0. The fraction of sp³-hybridized carbons (Fsp3) is 0.308. The Balaban J connectivity index is 1.91. The maximum absolute atomic E-state index is 13.4. The van der Waals surface area contributed by atoms with E-state index in [2.05, 4.69) is 0 Å². The lowest BCUT2D eigenvalue weighted by Gasteiger charge is -2.15. The van der Waals surface area contributed by atoms with Crippen molar-refractivity contribution in [1.82, 2.24) is 13.9 Å². The molecule has 0 aliphatic carbocycles. The van der Waals surface area contributed by atoms with Crippen LogP contribution in [0.25, 0.3) is 16.9 Å². The number of hydrogen-bond donors (Lipinski definition) is 0. The lowest BCUT2D eigenvalue weighted by Crippen LogP contribution is -2.21. The van der Waals surface area contributed by atoms with E-state index < -0.39 is 0 Å². The van der Waals surface area contributed by atoms with Crippen LogP contribution in [-0.4, -0.2) is 49.0 Å². The van der Waals surface area contributed by atoms with Crippen molar-refractivity contribution < 1.29 is 18.9 Å². The van der Waals surface area contributed by atoms with E-state index in [9.17, 15) is 4.79 Å². The average molecular weight is 511 g/mol. The molecule has 2 aromatic carbocycles. The SMILES string of the molecule is COCCn1c(-c2cc(OC)c(OC)c(OC)c2)csc1=Nc1c(C)n(C)n(-c2ccccc2)c1=O. The first kappa shape index (κ1) is 25.3. The molecule has 2 heterocycles. The van der Waals surface area contributed by atoms with Crippen LogP contribution in [0.3, 0.4) is 0 Å².